The number of benzene rings is 2. The van der Waals surface area contributed by atoms with Crippen molar-refractivity contribution in [2.75, 3.05) is 5.88 Å². The fraction of sp³-hybridized carbons (Fsp3) is 0.188. The second-order valence-corrected chi connectivity index (χ2v) is 6.48. The van der Waals surface area contributed by atoms with Crippen LogP contribution in [0.5, 0.6) is 0 Å². The van der Waals surface area contributed by atoms with Crippen molar-refractivity contribution >= 4 is 44.8 Å². The first-order valence-corrected chi connectivity index (χ1v) is 8.15. The van der Waals surface area contributed by atoms with E-state index < -0.39 is 0 Å². The third kappa shape index (κ3) is 2.83. The van der Waals surface area contributed by atoms with E-state index in [-0.39, 0.29) is 5.92 Å². The van der Waals surface area contributed by atoms with Gasteiger partial charge in [-0.25, -0.2) is 4.98 Å². The topological polar surface area (TPSA) is 12.9 Å². The monoisotopic (exact) mass is 321 g/mol. The van der Waals surface area contributed by atoms with Crippen molar-refractivity contribution in [3.05, 3.63) is 64.1 Å². The van der Waals surface area contributed by atoms with Gasteiger partial charge < -0.3 is 0 Å². The average molecular weight is 322 g/mol. The molecule has 0 saturated carbocycles. The second kappa shape index (κ2) is 6.13. The summed E-state index contributed by atoms with van der Waals surface area (Å²) in [7, 11) is 0. The third-order valence-electron chi connectivity index (χ3n) is 3.29. The molecule has 1 atom stereocenters. The highest BCUT2D eigenvalue weighted by Crippen LogP contribution is 2.31. The summed E-state index contributed by atoms with van der Waals surface area (Å²) in [6.07, 6.45) is 0.826. The van der Waals surface area contributed by atoms with E-state index in [1.807, 2.05) is 42.5 Å². The van der Waals surface area contributed by atoms with Gasteiger partial charge in [0.25, 0.3) is 0 Å². The first-order chi connectivity index (χ1) is 9.78. The second-order valence-electron chi connectivity index (χ2n) is 4.65. The lowest BCUT2D eigenvalue weighted by Gasteiger charge is -2.14. The number of rotatable bonds is 4. The van der Waals surface area contributed by atoms with E-state index in [9.17, 15) is 0 Å². The zero-order valence-corrected chi connectivity index (χ0v) is 13.1. The van der Waals surface area contributed by atoms with E-state index >= 15 is 0 Å². The van der Waals surface area contributed by atoms with Gasteiger partial charge in [-0.3, -0.25) is 0 Å². The zero-order valence-electron chi connectivity index (χ0n) is 10.7. The molecule has 1 aromatic heterocycles. The van der Waals surface area contributed by atoms with Crippen LogP contribution >= 0.6 is 34.5 Å². The SMILES string of the molecule is ClCC(Cc1nc2ccccc2s1)c1ccccc1Cl. The Bertz CT molecular complexity index is 690. The van der Waals surface area contributed by atoms with Crippen LogP contribution in [0.15, 0.2) is 48.5 Å². The molecule has 3 aromatic rings. The molecule has 0 bridgehead atoms. The summed E-state index contributed by atoms with van der Waals surface area (Å²) >= 11 is 14.1. The Morgan fingerprint density at radius 3 is 2.55 bits per heavy atom. The van der Waals surface area contributed by atoms with Crippen molar-refractivity contribution in [1.29, 1.82) is 0 Å². The van der Waals surface area contributed by atoms with Gasteiger partial charge in [0.1, 0.15) is 0 Å². The quantitative estimate of drug-likeness (QED) is 0.577. The average Bonchev–Trinajstić information content (AvgIpc) is 2.88. The number of nitrogens with zero attached hydrogens (tertiary/aromatic N) is 1. The number of alkyl halides is 1. The minimum absolute atomic E-state index is 0.200. The highest BCUT2D eigenvalue weighted by molar-refractivity contribution is 7.18. The summed E-state index contributed by atoms with van der Waals surface area (Å²) < 4.78 is 1.22. The van der Waals surface area contributed by atoms with E-state index in [4.69, 9.17) is 23.2 Å². The number of aromatic nitrogens is 1. The van der Waals surface area contributed by atoms with E-state index in [0.717, 1.165) is 27.5 Å². The number of hydrogen-bond acceptors (Lipinski definition) is 2. The molecule has 4 heteroatoms. The molecule has 0 amide bonds. The normalized spacial score (nSPS) is 12.7. The summed E-state index contributed by atoms with van der Waals surface area (Å²) in [5.41, 5.74) is 2.16. The Balaban J connectivity index is 1.90. The van der Waals surface area contributed by atoms with Crippen LogP contribution in [0.25, 0.3) is 10.2 Å². The van der Waals surface area contributed by atoms with Gasteiger partial charge in [0.05, 0.1) is 15.2 Å². The van der Waals surface area contributed by atoms with Crippen molar-refractivity contribution in [1.82, 2.24) is 4.98 Å². The summed E-state index contributed by atoms with van der Waals surface area (Å²) in [6, 6.07) is 16.1. The standard InChI is InChI=1S/C16H13Cl2NS/c17-10-11(12-5-1-2-6-13(12)18)9-16-19-14-7-3-4-8-15(14)20-16/h1-8,11H,9-10H2. The van der Waals surface area contributed by atoms with Crippen LogP contribution in [-0.2, 0) is 6.42 Å². The van der Waals surface area contributed by atoms with Crippen molar-refractivity contribution in [3.63, 3.8) is 0 Å². The minimum atomic E-state index is 0.200. The van der Waals surface area contributed by atoms with Crippen LogP contribution in [0.3, 0.4) is 0 Å². The molecular weight excluding hydrogens is 309 g/mol. The lowest BCUT2D eigenvalue weighted by molar-refractivity contribution is 0.763. The number of para-hydroxylation sites is 1. The Labute approximate surface area is 132 Å². The Hall–Kier alpha value is -1.09. The lowest BCUT2D eigenvalue weighted by atomic mass is 9.98. The number of hydrogen-bond donors (Lipinski definition) is 0. The number of fused-ring (bicyclic) bond motifs is 1. The van der Waals surface area contributed by atoms with Crippen molar-refractivity contribution in [2.24, 2.45) is 0 Å². The summed E-state index contributed by atoms with van der Waals surface area (Å²) in [5, 5.41) is 1.89. The molecule has 0 aliphatic heterocycles. The van der Waals surface area contributed by atoms with Crippen LogP contribution < -0.4 is 0 Å². The molecule has 0 N–H and O–H groups in total. The van der Waals surface area contributed by atoms with Gasteiger partial charge in [-0.2, -0.15) is 0 Å². The molecule has 0 radical (unpaired) electrons. The maximum absolute atomic E-state index is 6.27. The third-order valence-corrected chi connectivity index (χ3v) is 5.07. The van der Waals surface area contributed by atoms with Gasteiger partial charge in [-0.1, -0.05) is 41.9 Å². The van der Waals surface area contributed by atoms with Crippen molar-refractivity contribution in [2.45, 2.75) is 12.3 Å². The number of thiazole rings is 1. The zero-order chi connectivity index (χ0) is 13.9. The first kappa shape index (κ1) is 13.9. The summed E-state index contributed by atoms with van der Waals surface area (Å²) in [4.78, 5) is 4.67. The lowest BCUT2D eigenvalue weighted by Crippen LogP contribution is -2.05. The minimum Gasteiger partial charge on any atom is -0.241 e. The summed E-state index contributed by atoms with van der Waals surface area (Å²) in [6.45, 7) is 0. The molecule has 1 nitrogen and oxygen atoms in total. The predicted octanol–water partition coefficient (Wildman–Crippen LogP) is 5.51. The first-order valence-electron chi connectivity index (χ1n) is 6.43. The molecule has 3 rings (SSSR count). The fourth-order valence-electron chi connectivity index (χ4n) is 2.27. The molecule has 1 heterocycles. The highest BCUT2D eigenvalue weighted by Gasteiger charge is 2.16. The maximum Gasteiger partial charge on any atom is 0.0945 e. The van der Waals surface area contributed by atoms with Gasteiger partial charge in [0, 0.05) is 23.2 Å². The molecule has 0 saturated heterocycles. The van der Waals surface area contributed by atoms with E-state index in [1.54, 1.807) is 11.3 Å². The van der Waals surface area contributed by atoms with Crippen molar-refractivity contribution < 1.29 is 0 Å². The van der Waals surface area contributed by atoms with Gasteiger partial charge in [0.15, 0.2) is 0 Å². The molecule has 2 aromatic carbocycles. The summed E-state index contributed by atoms with van der Waals surface area (Å²) in [5.74, 6) is 0.741. The van der Waals surface area contributed by atoms with Crippen molar-refractivity contribution in [3.8, 4) is 0 Å². The molecule has 20 heavy (non-hydrogen) atoms. The molecule has 102 valence electrons. The van der Waals surface area contributed by atoms with Crippen LogP contribution in [0.2, 0.25) is 5.02 Å². The molecular formula is C16H13Cl2NS. The van der Waals surface area contributed by atoms with E-state index in [2.05, 4.69) is 11.1 Å². The Morgan fingerprint density at radius 1 is 1.05 bits per heavy atom. The van der Waals surface area contributed by atoms with Gasteiger partial charge >= 0.3 is 0 Å². The van der Waals surface area contributed by atoms with Crippen LogP contribution in [-0.4, -0.2) is 10.9 Å². The van der Waals surface area contributed by atoms with Gasteiger partial charge in [0.2, 0.25) is 0 Å². The molecule has 1 unspecified atom stereocenters. The van der Waals surface area contributed by atoms with Gasteiger partial charge in [-0.05, 0) is 23.8 Å². The molecule has 0 fully saturated rings. The van der Waals surface area contributed by atoms with Crippen LogP contribution in [0.4, 0.5) is 0 Å². The van der Waals surface area contributed by atoms with Crippen LogP contribution in [0.1, 0.15) is 16.5 Å². The molecule has 0 spiro atoms. The largest absolute Gasteiger partial charge is 0.241 e. The van der Waals surface area contributed by atoms with E-state index in [0.29, 0.717) is 5.88 Å². The predicted molar refractivity (Wildman–Crippen MR) is 88.2 cm³/mol. The number of halogens is 2. The molecule has 0 aliphatic carbocycles. The fourth-order valence-corrected chi connectivity index (χ4v) is 3.88. The smallest absolute Gasteiger partial charge is 0.0945 e. The van der Waals surface area contributed by atoms with E-state index in [1.165, 1.54) is 4.70 Å². The molecule has 0 aliphatic rings. The van der Waals surface area contributed by atoms with Gasteiger partial charge in [-0.15, -0.1) is 22.9 Å². The Kier molecular flexibility index (Phi) is 4.25. The van der Waals surface area contributed by atoms with Crippen LogP contribution in [0, 0.1) is 0 Å². The maximum atomic E-state index is 6.27. The highest BCUT2D eigenvalue weighted by atomic mass is 35.5. The Morgan fingerprint density at radius 2 is 1.80 bits per heavy atom.